The summed E-state index contributed by atoms with van der Waals surface area (Å²) >= 11 is 0. The van der Waals surface area contributed by atoms with E-state index in [-0.39, 0.29) is 31.0 Å². The van der Waals surface area contributed by atoms with Crippen LogP contribution in [0.25, 0.3) is 0 Å². The van der Waals surface area contributed by atoms with Crippen LogP contribution in [0.4, 0.5) is 0 Å². The molecule has 0 aliphatic heterocycles. The van der Waals surface area contributed by atoms with Crippen LogP contribution in [-0.4, -0.2) is 57.9 Å². The Kier molecular flexibility index (Phi) is 14.1. The maximum absolute atomic E-state index is 11.7. The molecule has 202 valence electrons. The van der Waals surface area contributed by atoms with E-state index >= 15 is 0 Å². The molecule has 0 amide bonds. The first kappa shape index (κ1) is 29.7. The van der Waals surface area contributed by atoms with Crippen LogP contribution in [0.2, 0.25) is 0 Å². The molecular formula is C27H41NO8. The topological polar surface area (TPSA) is 139 Å². The quantitative estimate of drug-likeness (QED) is 0.0897. The van der Waals surface area contributed by atoms with E-state index in [0.29, 0.717) is 64.2 Å². The fourth-order valence-electron chi connectivity index (χ4n) is 4.75. The van der Waals surface area contributed by atoms with E-state index in [4.69, 9.17) is 4.74 Å². The zero-order valence-corrected chi connectivity index (χ0v) is 21.0. The molecule has 1 unspecified atom stereocenters. The molecule has 0 spiro atoms. The Bertz CT molecular complexity index is 787. The van der Waals surface area contributed by atoms with E-state index in [9.17, 15) is 30.2 Å². The molecule has 1 saturated carbocycles. The van der Waals surface area contributed by atoms with E-state index < -0.39 is 23.4 Å². The molecule has 1 aromatic rings. The fraction of sp³-hybridized carbons (Fsp3) is 0.667. The third-order valence-electron chi connectivity index (χ3n) is 6.79. The molecule has 0 bridgehead atoms. The maximum atomic E-state index is 11.7. The van der Waals surface area contributed by atoms with Gasteiger partial charge in [-0.3, -0.25) is 4.79 Å². The minimum absolute atomic E-state index is 0.00222. The molecule has 1 aliphatic rings. The summed E-state index contributed by atoms with van der Waals surface area (Å²) in [6.07, 6.45) is 8.87. The number of hydrogen-bond acceptors (Lipinski definition) is 8. The molecule has 1 aliphatic carbocycles. The van der Waals surface area contributed by atoms with Crippen LogP contribution in [-0.2, 0) is 20.8 Å². The van der Waals surface area contributed by atoms with Gasteiger partial charge in [0.25, 0.3) is 5.09 Å². The number of nitrogens with zero attached hydrogens (tertiary/aromatic N) is 1. The highest BCUT2D eigenvalue weighted by molar-refractivity contribution is 5.69. The Hall–Kier alpha value is -2.49. The summed E-state index contributed by atoms with van der Waals surface area (Å²) in [5, 5.41) is 40.5. The Morgan fingerprint density at radius 3 is 2.53 bits per heavy atom. The van der Waals surface area contributed by atoms with Gasteiger partial charge in [-0.05, 0) is 81.6 Å². The van der Waals surface area contributed by atoms with Crippen LogP contribution >= 0.6 is 0 Å². The molecule has 0 aromatic heterocycles. The number of carbonyl (C=O) groups is 1. The second-order valence-corrected chi connectivity index (χ2v) is 9.54. The summed E-state index contributed by atoms with van der Waals surface area (Å²) in [4.78, 5) is 26.0. The van der Waals surface area contributed by atoms with Gasteiger partial charge in [-0.1, -0.05) is 42.5 Å². The van der Waals surface area contributed by atoms with Crippen molar-refractivity contribution in [2.24, 2.45) is 11.8 Å². The van der Waals surface area contributed by atoms with Crippen molar-refractivity contribution in [3.05, 3.63) is 58.2 Å². The number of carbonyl (C=O) groups excluding carboxylic acids is 1. The number of unbranched alkanes of at least 4 members (excludes halogenated alkanes) is 2. The third kappa shape index (κ3) is 12.0. The first-order chi connectivity index (χ1) is 17.4. The van der Waals surface area contributed by atoms with Crippen LogP contribution in [0, 0.1) is 22.0 Å². The first-order valence-corrected chi connectivity index (χ1v) is 13.0. The maximum Gasteiger partial charge on any atom is 0.305 e. The summed E-state index contributed by atoms with van der Waals surface area (Å²) in [7, 11) is 0. The van der Waals surface area contributed by atoms with Crippen LogP contribution in [0.3, 0.4) is 0 Å². The smallest absolute Gasteiger partial charge is 0.305 e. The highest BCUT2D eigenvalue weighted by Gasteiger charge is 2.40. The lowest BCUT2D eigenvalue weighted by molar-refractivity contribution is -0.757. The molecule has 1 aromatic carbocycles. The lowest BCUT2D eigenvalue weighted by Gasteiger charge is -2.23. The average Bonchev–Trinajstić information content (AvgIpc) is 3.12. The highest BCUT2D eigenvalue weighted by Crippen LogP contribution is 2.38. The van der Waals surface area contributed by atoms with Crippen molar-refractivity contribution in [1.82, 2.24) is 0 Å². The largest absolute Gasteiger partial charge is 0.466 e. The fourth-order valence-corrected chi connectivity index (χ4v) is 4.75. The minimum atomic E-state index is -0.839. The Morgan fingerprint density at radius 1 is 1.06 bits per heavy atom. The predicted octanol–water partition coefficient (Wildman–Crippen LogP) is 3.77. The molecule has 1 fully saturated rings. The second kappa shape index (κ2) is 17.1. The molecule has 9 nitrogen and oxygen atoms in total. The molecule has 5 atom stereocenters. The lowest BCUT2D eigenvalue weighted by Crippen LogP contribution is -2.23. The number of esters is 1. The van der Waals surface area contributed by atoms with Gasteiger partial charge in [-0.2, -0.15) is 0 Å². The van der Waals surface area contributed by atoms with Gasteiger partial charge in [-0.25, -0.2) is 0 Å². The summed E-state index contributed by atoms with van der Waals surface area (Å²) < 4.78 is 5.10. The van der Waals surface area contributed by atoms with Crippen LogP contribution in [0.15, 0.2) is 42.5 Å². The molecule has 0 heterocycles. The van der Waals surface area contributed by atoms with Gasteiger partial charge in [0, 0.05) is 6.42 Å². The third-order valence-corrected chi connectivity index (χ3v) is 6.79. The summed E-state index contributed by atoms with van der Waals surface area (Å²) in [6.45, 7) is 0.220. The average molecular weight is 508 g/mol. The molecule has 9 heteroatoms. The van der Waals surface area contributed by atoms with Crippen molar-refractivity contribution >= 4 is 5.97 Å². The van der Waals surface area contributed by atoms with Gasteiger partial charge in [-0.15, -0.1) is 10.1 Å². The number of aryl methyl sites for hydroxylation is 1. The van der Waals surface area contributed by atoms with Crippen LogP contribution in [0.5, 0.6) is 0 Å². The number of aliphatic hydroxyl groups is 3. The number of benzene rings is 1. The Morgan fingerprint density at radius 2 is 1.78 bits per heavy atom. The normalized spacial score (nSPS) is 22.5. The molecule has 0 saturated heterocycles. The molecule has 0 radical (unpaired) electrons. The van der Waals surface area contributed by atoms with Crippen molar-refractivity contribution in [1.29, 1.82) is 0 Å². The summed E-state index contributed by atoms with van der Waals surface area (Å²) in [6, 6.07) is 10.1. The lowest BCUT2D eigenvalue weighted by atomic mass is 9.85. The van der Waals surface area contributed by atoms with Crippen molar-refractivity contribution < 1.29 is 34.8 Å². The molecule has 3 N–H and O–H groups in total. The first-order valence-electron chi connectivity index (χ1n) is 13.0. The zero-order valence-electron chi connectivity index (χ0n) is 21.0. The van der Waals surface area contributed by atoms with Crippen LogP contribution in [0.1, 0.15) is 69.8 Å². The van der Waals surface area contributed by atoms with Crippen molar-refractivity contribution in [2.75, 3.05) is 13.2 Å². The van der Waals surface area contributed by atoms with Gasteiger partial charge in [0.05, 0.1) is 31.5 Å². The van der Waals surface area contributed by atoms with E-state index in [2.05, 4.69) is 17.0 Å². The van der Waals surface area contributed by atoms with Crippen LogP contribution < -0.4 is 0 Å². The number of hydrogen-bond donors (Lipinski definition) is 3. The number of aliphatic hydroxyl groups excluding tert-OH is 3. The summed E-state index contributed by atoms with van der Waals surface area (Å²) in [5.41, 5.74) is 1.20. The van der Waals surface area contributed by atoms with Gasteiger partial charge in [0.2, 0.25) is 0 Å². The standard InChI is InChI=1S/C27H41NO8/c29-22(15-14-21-10-4-3-5-11-21)16-17-24-23(25(30)20-26(24)31)12-6-1-2-7-13-27(32)35-18-8-9-19-36-28(33)34/h1,3-6,10-11,22-26,29-31H,2,7-9,12-20H2/b6-1-/t22?,23-,24+,25+,26-/m0/s1. The summed E-state index contributed by atoms with van der Waals surface area (Å²) in [5.74, 6) is -0.373. The Labute approximate surface area is 213 Å². The van der Waals surface area contributed by atoms with E-state index in [1.807, 2.05) is 30.4 Å². The van der Waals surface area contributed by atoms with Crippen molar-refractivity contribution in [2.45, 2.75) is 88.9 Å². The van der Waals surface area contributed by atoms with Crippen molar-refractivity contribution in [3.8, 4) is 0 Å². The number of allylic oxidation sites excluding steroid dienone is 2. The number of rotatable bonds is 18. The van der Waals surface area contributed by atoms with E-state index in [1.165, 1.54) is 5.56 Å². The van der Waals surface area contributed by atoms with E-state index in [1.54, 1.807) is 0 Å². The predicted molar refractivity (Wildman–Crippen MR) is 134 cm³/mol. The second-order valence-electron chi connectivity index (χ2n) is 9.54. The zero-order chi connectivity index (χ0) is 26.2. The monoisotopic (exact) mass is 507 g/mol. The van der Waals surface area contributed by atoms with Gasteiger partial charge >= 0.3 is 5.97 Å². The molecule has 36 heavy (non-hydrogen) atoms. The Balaban J connectivity index is 1.60. The molecular weight excluding hydrogens is 466 g/mol. The van der Waals surface area contributed by atoms with Crippen molar-refractivity contribution in [3.63, 3.8) is 0 Å². The highest BCUT2D eigenvalue weighted by atomic mass is 16.9. The van der Waals surface area contributed by atoms with E-state index in [0.717, 1.165) is 6.42 Å². The SMILES string of the molecule is O=C(CCC/C=C\C[C@H]1[C@@H](CCC(O)CCc2ccccc2)[C@@H](O)C[C@H]1O)OCCCCO[N+](=O)[O-]. The minimum Gasteiger partial charge on any atom is -0.466 e. The van der Waals surface area contributed by atoms with Gasteiger partial charge in [0.15, 0.2) is 0 Å². The molecule has 2 rings (SSSR count). The van der Waals surface area contributed by atoms with Gasteiger partial charge in [0.1, 0.15) is 0 Å². The number of ether oxygens (including phenoxy) is 1. The van der Waals surface area contributed by atoms with Gasteiger partial charge < -0.3 is 24.9 Å².